The largest absolute Gasteiger partial charge is 0.493 e. The Morgan fingerprint density at radius 1 is 1.08 bits per heavy atom. The Hall–Kier alpha value is -2.50. The van der Waals surface area contributed by atoms with Crippen molar-refractivity contribution in [1.82, 2.24) is 5.32 Å². The summed E-state index contributed by atoms with van der Waals surface area (Å²) in [5.41, 5.74) is 3.20. The zero-order valence-corrected chi connectivity index (χ0v) is 15.8. The lowest BCUT2D eigenvalue weighted by atomic mass is 9.76. The first-order chi connectivity index (χ1) is 12.4. The van der Waals surface area contributed by atoms with Crippen molar-refractivity contribution < 1.29 is 24.2 Å². The standard InChI is InChI=1S/C20H27NO5/c1-12-9-15(16(20(23)24)10-13(12)2)19(22)21-8-7-14-5-6-17(25-3)18(11-14)26-4/h5-6,11,15-16H,7-10H2,1-4H3,(H,21,22)(H,23,24)/t15-,16-/m1/s1. The fraction of sp³-hybridized carbons (Fsp3) is 0.500. The molecule has 2 rings (SSSR count). The van der Waals surface area contributed by atoms with Crippen molar-refractivity contribution in [2.45, 2.75) is 33.1 Å². The highest BCUT2D eigenvalue weighted by Gasteiger charge is 2.37. The molecule has 0 fully saturated rings. The number of amides is 1. The number of methoxy groups -OCH3 is 2. The molecule has 0 heterocycles. The SMILES string of the molecule is COc1ccc(CCNC(=O)[C@@H]2CC(C)=C(C)C[C@H]2C(=O)O)cc1OC. The highest BCUT2D eigenvalue weighted by Crippen LogP contribution is 2.34. The molecular formula is C20H27NO5. The Labute approximate surface area is 154 Å². The van der Waals surface area contributed by atoms with Gasteiger partial charge in [-0.05, 0) is 50.8 Å². The van der Waals surface area contributed by atoms with Crippen LogP contribution < -0.4 is 14.8 Å². The number of rotatable bonds is 7. The number of carbonyl (C=O) groups excluding carboxylic acids is 1. The Morgan fingerprint density at radius 3 is 2.27 bits per heavy atom. The first kappa shape index (κ1) is 19.8. The van der Waals surface area contributed by atoms with Gasteiger partial charge in [0.15, 0.2) is 11.5 Å². The molecule has 6 heteroatoms. The normalized spacial score (nSPS) is 19.8. The van der Waals surface area contributed by atoms with Crippen molar-refractivity contribution in [2.24, 2.45) is 11.8 Å². The van der Waals surface area contributed by atoms with Gasteiger partial charge in [-0.25, -0.2) is 0 Å². The van der Waals surface area contributed by atoms with E-state index >= 15 is 0 Å². The van der Waals surface area contributed by atoms with Crippen molar-refractivity contribution in [3.63, 3.8) is 0 Å². The number of benzene rings is 1. The summed E-state index contributed by atoms with van der Waals surface area (Å²) in [4.78, 5) is 24.1. The number of carboxylic acids is 1. The summed E-state index contributed by atoms with van der Waals surface area (Å²) in [6.07, 6.45) is 1.57. The molecule has 0 saturated carbocycles. The number of ether oxygens (including phenoxy) is 2. The van der Waals surface area contributed by atoms with Gasteiger partial charge in [-0.1, -0.05) is 17.2 Å². The smallest absolute Gasteiger partial charge is 0.307 e. The van der Waals surface area contributed by atoms with Gasteiger partial charge in [0, 0.05) is 6.54 Å². The maximum atomic E-state index is 12.5. The van der Waals surface area contributed by atoms with Gasteiger partial charge < -0.3 is 19.9 Å². The molecule has 0 aromatic heterocycles. The van der Waals surface area contributed by atoms with E-state index in [4.69, 9.17) is 9.47 Å². The fourth-order valence-corrected chi connectivity index (χ4v) is 3.32. The first-order valence-electron chi connectivity index (χ1n) is 8.74. The lowest BCUT2D eigenvalue weighted by Crippen LogP contribution is -2.40. The minimum atomic E-state index is -0.906. The van der Waals surface area contributed by atoms with E-state index in [-0.39, 0.29) is 5.91 Å². The molecular weight excluding hydrogens is 334 g/mol. The van der Waals surface area contributed by atoms with E-state index < -0.39 is 17.8 Å². The van der Waals surface area contributed by atoms with Crippen molar-refractivity contribution in [2.75, 3.05) is 20.8 Å². The van der Waals surface area contributed by atoms with Gasteiger partial charge in [-0.3, -0.25) is 9.59 Å². The van der Waals surface area contributed by atoms with Crippen LogP contribution in [0.4, 0.5) is 0 Å². The van der Waals surface area contributed by atoms with E-state index in [0.29, 0.717) is 37.3 Å². The minimum absolute atomic E-state index is 0.190. The molecule has 142 valence electrons. The highest BCUT2D eigenvalue weighted by atomic mass is 16.5. The molecule has 0 aliphatic heterocycles. The Balaban J connectivity index is 1.97. The summed E-state index contributed by atoms with van der Waals surface area (Å²) in [7, 11) is 3.16. The molecule has 1 aliphatic carbocycles. The van der Waals surface area contributed by atoms with Crippen molar-refractivity contribution in [1.29, 1.82) is 0 Å². The summed E-state index contributed by atoms with van der Waals surface area (Å²) < 4.78 is 10.5. The van der Waals surface area contributed by atoms with Gasteiger partial charge in [-0.15, -0.1) is 0 Å². The molecule has 1 aliphatic rings. The van der Waals surface area contributed by atoms with E-state index in [2.05, 4.69) is 5.32 Å². The van der Waals surface area contributed by atoms with Crippen LogP contribution >= 0.6 is 0 Å². The van der Waals surface area contributed by atoms with Crippen molar-refractivity contribution in [3.05, 3.63) is 34.9 Å². The third-order valence-electron chi connectivity index (χ3n) is 5.08. The molecule has 0 unspecified atom stereocenters. The predicted molar refractivity (Wildman–Crippen MR) is 98.5 cm³/mol. The second kappa shape index (κ2) is 8.74. The molecule has 1 amide bonds. The van der Waals surface area contributed by atoms with Crippen LogP contribution in [0, 0.1) is 11.8 Å². The first-order valence-corrected chi connectivity index (χ1v) is 8.74. The summed E-state index contributed by atoms with van der Waals surface area (Å²) >= 11 is 0. The zero-order valence-electron chi connectivity index (χ0n) is 15.8. The number of allylic oxidation sites excluding steroid dienone is 2. The number of hydrogen-bond acceptors (Lipinski definition) is 4. The van der Waals surface area contributed by atoms with Crippen LogP contribution in [0.1, 0.15) is 32.3 Å². The predicted octanol–water partition coefficient (Wildman–Crippen LogP) is 2.81. The summed E-state index contributed by atoms with van der Waals surface area (Å²) in [5, 5.41) is 12.3. The average molecular weight is 361 g/mol. The molecule has 1 aromatic carbocycles. The molecule has 6 nitrogen and oxygen atoms in total. The lowest BCUT2D eigenvalue weighted by Gasteiger charge is -2.29. The topological polar surface area (TPSA) is 84.9 Å². The number of hydrogen-bond donors (Lipinski definition) is 2. The number of nitrogens with one attached hydrogen (secondary N) is 1. The maximum Gasteiger partial charge on any atom is 0.307 e. The van der Waals surface area contributed by atoms with Crippen LogP contribution in [-0.2, 0) is 16.0 Å². The van der Waals surface area contributed by atoms with E-state index in [1.54, 1.807) is 14.2 Å². The highest BCUT2D eigenvalue weighted by molar-refractivity contribution is 5.85. The minimum Gasteiger partial charge on any atom is -0.493 e. The van der Waals surface area contributed by atoms with E-state index in [9.17, 15) is 14.7 Å². The summed E-state index contributed by atoms with van der Waals surface area (Å²) in [6.45, 7) is 4.35. The molecule has 2 atom stereocenters. The van der Waals surface area contributed by atoms with E-state index in [1.807, 2.05) is 32.0 Å². The number of carboxylic acid groups (broad SMARTS) is 1. The van der Waals surface area contributed by atoms with Crippen LogP contribution in [0.5, 0.6) is 11.5 Å². The van der Waals surface area contributed by atoms with Gasteiger partial charge in [0.25, 0.3) is 0 Å². The monoisotopic (exact) mass is 361 g/mol. The Kier molecular flexibility index (Phi) is 6.66. The Morgan fingerprint density at radius 2 is 1.69 bits per heavy atom. The van der Waals surface area contributed by atoms with Crippen LogP contribution in [0.3, 0.4) is 0 Å². The second-order valence-corrected chi connectivity index (χ2v) is 6.75. The summed E-state index contributed by atoms with van der Waals surface area (Å²) in [5.74, 6) is -0.960. The molecule has 2 N–H and O–H groups in total. The van der Waals surface area contributed by atoms with E-state index in [0.717, 1.165) is 16.7 Å². The van der Waals surface area contributed by atoms with Crippen LogP contribution in [0.15, 0.2) is 29.3 Å². The van der Waals surface area contributed by atoms with Crippen LogP contribution in [0.2, 0.25) is 0 Å². The van der Waals surface area contributed by atoms with Gasteiger partial charge in [0.2, 0.25) is 5.91 Å². The zero-order chi connectivity index (χ0) is 19.3. The maximum absolute atomic E-state index is 12.5. The second-order valence-electron chi connectivity index (χ2n) is 6.75. The molecule has 0 saturated heterocycles. The average Bonchev–Trinajstić information content (AvgIpc) is 2.63. The Bertz CT molecular complexity index is 710. The molecule has 1 aromatic rings. The third kappa shape index (κ3) is 4.56. The number of aliphatic carboxylic acids is 1. The number of carbonyl (C=O) groups is 2. The molecule has 0 spiro atoms. The van der Waals surface area contributed by atoms with Crippen LogP contribution in [0.25, 0.3) is 0 Å². The quantitative estimate of drug-likeness (QED) is 0.730. The molecule has 26 heavy (non-hydrogen) atoms. The third-order valence-corrected chi connectivity index (χ3v) is 5.08. The molecule has 0 radical (unpaired) electrons. The van der Waals surface area contributed by atoms with Crippen molar-refractivity contribution >= 4 is 11.9 Å². The fourth-order valence-electron chi connectivity index (χ4n) is 3.32. The van der Waals surface area contributed by atoms with Crippen molar-refractivity contribution in [3.8, 4) is 11.5 Å². The van der Waals surface area contributed by atoms with E-state index in [1.165, 1.54) is 0 Å². The van der Waals surface area contributed by atoms with Gasteiger partial charge >= 0.3 is 5.97 Å². The molecule has 0 bridgehead atoms. The van der Waals surface area contributed by atoms with Crippen LogP contribution in [-0.4, -0.2) is 37.7 Å². The lowest BCUT2D eigenvalue weighted by molar-refractivity contribution is -0.147. The summed E-state index contributed by atoms with van der Waals surface area (Å²) in [6, 6.07) is 5.63. The van der Waals surface area contributed by atoms with Gasteiger partial charge in [-0.2, -0.15) is 0 Å². The van der Waals surface area contributed by atoms with Gasteiger partial charge in [0.05, 0.1) is 26.1 Å². The van der Waals surface area contributed by atoms with Gasteiger partial charge in [0.1, 0.15) is 0 Å².